The van der Waals surface area contributed by atoms with Gasteiger partial charge in [-0.15, -0.1) is 0 Å². The molecule has 1 aromatic rings. The van der Waals surface area contributed by atoms with Crippen molar-refractivity contribution >= 4 is 23.2 Å². The van der Waals surface area contributed by atoms with Gasteiger partial charge >= 0.3 is 0 Å². The van der Waals surface area contributed by atoms with Crippen LogP contribution < -0.4 is 15.4 Å². The Kier molecular flexibility index (Phi) is 3.54. The fraction of sp³-hybridized carbons (Fsp3) is 0.417. The summed E-state index contributed by atoms with van der Waals surface area (Å²) in [6, 6.07) is 5.41. The molecule has 1 amide bonds. The number of benzene rings is 1. The van der Waals surface area contributed by atoms with Gasteiger partial charge in [0.05, 0.1) is 12.8 Å². The summed E-state index contributed by atoms with van der Waals surface area (Å²) in [6.45, 7) is 1.14. The first-order valence-corrected chi connectivity index (χ1v) is 5.88. The minimum absolute atomic E-state index is 0.0654. The third kappa shape index (κ3) is 2.23. The van der Waals surface area contributed by atoms with E-state index >= 15 is 0 Å². The van der Waals surface area contributed by atoms with Gasteiger partial charge in [-0.25, -0.2) is 0 Å². The lowest BCUT2D eigenvalue weighted by Gasteiger charge is -2.19. The summed E-state index contributed by atoms with van der Waals surface area (Å²) in [5.74, 6) is 0.855. The molecular weight excluding hydrogens is 240 g/mol. The Hall–Kier alpha value is -1.26. The van der Waals surface area contributed by atoms with Gasteiger partial charge in [-0.2, -0.15) is 0 Å². The van der Waals surface area contributed by atoms with Gasteiger partial charge in [0, 0.05) is 13.0 Å². The molecule has 1 aromatic carbocycles. The van der Waals surface area contributed by atoms with Crippen molar-refractivity contribution < 1.29 is 9.53 Å². The van der Waals surface area contributed by atoms with Gasteiger partial charge in [-0.3, -0.25) is 4.79 Å². The number of halogens is 1. The number of amides is 1. The second-order valence-electron chi connectivity index (χ2n) is 4.10. The van der Waals surface area contributed by atoms with Crippen LogP contribution in [0.15, 0.2) is 18.2 Å². The highest BCUT2D eigenvalue weighted by Gasteiger charge is 2.31. The van der Waals surface area contributed by atoms with Crippen LogP contribution in [-0.2, 0) is 4.79 Å². The Bertz CT molecular complexity index is 437. The van der Waals surface area contributed by atoms with E-state index in [2.05, 4.69) is 0 Å². The van der Waals surface area contributed by atoms with Crippen LogP contribution in [0.2, 0.25) is 5.02 Å². The lowest BCUT2D eigenvalue weighted by atomic mass is 10.1. The number of carbonyl (C=O) groups excluding carboxylic acids is 1. The molecule has 92 valence electrons. The van der Waals surface area contributed by atoms with E-state index in [0.717, 1.165) is 0 Å². The van der Waals surface area contributed by atoms with Crippen molar-refractivity contribution in [2.24, 2.45) is 11.7 Å². The Morgan fingerprint density at radius 2 is 2.35 bits per heavy atom. The van der Waals surface area contributed by atoms with Gasteiger partial charge in [-0.05, 0) is 24.6 Å². The first kappa shape index (κ1) is 12.2. The summed E-state index contributed by atoms with van der Waals surface area (Å²) in [4.78, 5) is 13.5. The second kappa shape index (κ2) is 4.94. The van der Waals surface area contributed by atoms with Crippen LogP contribution in [0.25, 0.3) is 0 Å². The number of nitrogens with zero attached hydrogens (tertiary/aromatic N) is 1. The van der Waals surface area contributed by atoms with Gasteiger partial charge in [0.1, 0.15) is 10.8 Å². The van der Waals surface area contributed by atoms with Crippen molar-refractivity contribution in [2.45, 2.75) is 6.42 Å². The number of nitrogens with two attached hydrogens (primary N) is 1. The van der Waals surface area contributed by atoms with E-state index in [0.29, 0.717) is 36.0 Å². The summed E-state index contributed by atoms with van der Waals surface area (Å²) < 4.78 is 5.14. The molecule has 2 N–H and O–H groups in total. The monoisotopic (exact) mass is 254 g/mol. The zero-order chi connectivity index (χ0) is 12.4. The van der Waals surface area contributed by atoms with Crippen molar-refractivity contribution in [3.8, 4) is 5.75 Å². The minimum atomic E-state index is 0.0654. The van der Waals surface area contributed by atoms with Crippen LogP contribution >= 0.6 is 11.6 Å². The molecule has 1 heterocycles. The number of hydrogen-bond acceptors (Lipinski definition) is 3. The summed E-state index contributed by atoms with van der Waals surface area (Å²) in [6.07, 6.45) is 0.490. The lowest BCUT2D eigenvalue weighted by Crippen LogP contribution is -2.26. The first-order valence-electron chi connectivity index (χ1n) is 5.50. The number of rotatable bonds is 3. The third-order valence-electron chi connectivity index (χ3n) is 2.99. The van der Waals surface area contributed by atoms with Crippen LogP contribution in [0.4, 0.5) is 5.69 Å². The smallest absolute Gasteiger partial charge is 0.227 e. The van der Waals surface area contributed by atoms with Crippen LogP contribution in [-0.4, -0.2) is 26.1 Å². The van der Waals surface area contributed by atoms with E-state index in [9.17, 15) is 4.79 Å². The Labute approximate surface area is 105 Å². The molecule has 0 aromatic heterocycles. The number of hydrogen-bond donors (Lipinski definition) is 1. The third-order valence-corrected chi connectivity index (χ3v) is 3.37. The molecule has 0 spiro atoms. The van der Waals surface area contributed by atoms with E-state index < -0.39 is 0 Å². The summed E-state index contributed by atoms with van der Waals surface area (Å²) in [7, 11) is 1.56. The minimum Gasteiger partial charge on any atom is -0.495 e. The molecule has 0 saturated carbocycles. The molecule has 1 atom stereocenters. The Morgan fingerprint density at radius 3 is 2.94 bits per heavy atom. The first-order chi connectivity index (χ1) is 8.17. The van der Waals surface area contributed by atoms with Crippen molar-refractivity contribution in [1.29, 1.82) is 0 Å². The van der Waals surface area contributed by atoms with Gasteiger partial charge in [0.15, 0.2) is 0 Å². The molecule has 1 fully saturated rings. The van der Waals surface area contributed by atoms with Crippen LogP contribution in [0.1, 0.15) is 6.42 Å². The quantitative estimate of drug-likeness (QED) is 0.893. The van der Waals surface area contributed by atoms with Gasteiger partial charge in [0.25, 0.3) is 0 Å². The lowest BCUT2D eigenvalue weighted by molar-refractivity contribution is -0.117. The summed E-state index contributed by atoms with van der Waals surface area (Å²) >= 11 is 6.20. The molecule has 1 aliphatic heterocycles. The van der Waals surface area contributed by atoms with Gasteiger partial charge in [-0.1, -0.05) is 17.7 Å². The summed E-state index contributed by atoms with van der Waals surface area (Å²) in [5, 5.41) is 0.473. The van der Waals surface area contributed by atoms with Crippen LogP contribution in [0.5, 0.6) is 5.75 Å². The van der Waals surface area contributed by atoms with E-state index in [-0.39, 0.29) is 11.8 Å². The average Bonchev–Trinajstić information content (AvgIpc) is 2.71. The molecule has 2 rings (SSSR count). The zero-order valence-electron chi connectivity index (χ0n) is 9.65. The Balaban J connectivity index is 2.32. The number of carbonyl (C=O) groups is 1. The molecule has 17 heavy (non-hydrogen) atoms. The maximum Gasteiger partial charge on any atom is 0.227 e. The van der Waals surface area contributed by atoms with Crippen molar-refractivity contribution in [3.05, 3.63) is 23.2 Å². The standard InChI is InChI=1S/C12H15ClN2O2/c1-17-10-4-2-3-9(12(10)13)15-7-8(6-14)5-11(15)16/h2-4,8H,5-7,14H2,1H3. The predicted molar refractivity (Wildman–Crippen MR) is 67.5 cm³/mol. The van der Waals surface area contributed by atoms with Crippen molar-refractivity contribution in [3.63, 3.8) is 0 Å². The molecule has 0 radical (unpaired) electrons. The highest BCUT2D eigenvalue weighted by molar-refractivity contribution is 6.35. The highest BCUT2D eigenvalue weighted by Crippen LogP contribution is 2.36. The largest absolute Gasteiger partial charge is 0.495 e. The average molecular weight is 255 g/mol. The highest BCUT2D eigenvalue weighted by atomic mass is 35.5. The molecule has 1 aliphatic rings. The summed E-state index contributed by atoms with van der Waals surface area (Å²) in [5.41, 5.74) is 6.29. The van der Waals surface area contributed by atoms with E-state index in [1.165, 1.54) is 0 Å². The fourth-order valence-corrected chi connectivity index (χ4v) is 2.34. The Morgan fingerprint density at radius 1 is 1.59 bits per heavy atom. The normalized spacial score (nSPS) is 19.8. The van der Waals surface area contributed by atoms with E-state index in [1.54, 1.807) is 18.1 Å². The van der Waals surface area contributed by atoms with Crippen molar-refractivity contribution in [2.75, 3.05) is 25.1 Å². The van der Waals surface area contributed by atoms with Crippen LogP contribution in [0.3, 0.4) is 0 Å². The van der Waals surface area contributed by atoms with E-state index in [1.807, 2.05) is 12.1 Å². The zero-order valence-corrected chi connectivity index (χ0v) is 10.4. The predicted octanol–water partition coefficient (Wildman–Crippen LogP) is 1.66. The van der Waals surface area contributed by atoms with Crippen LogP contribution in [0, 0.1) is 5.92 Å². The number of anilines is 1. The molecule has 1 saturated heterocycles. The van der Waals surface area contributed by atoms with Gasteiger partial charge < -0.3 is 15.4 Å². The molecule has 4 nitrogen and oxygen atoms in total. The number of methoxy groups -OCH3 is 1. The molecule has 0 aliphatic carbocycles. The van der Waals surface area contributed by atoms with E-state index in [4.69, 9.17) is 22.1 Å². The molecule has 1 unspecified atom stereocenters. The SMILES string of the molecule is COc1cccc(N2CC(CN)CC2=O)c1Cl. The second-order valence-corrected chi connectivity index (χ2v) is 4.48. The topological polar surface area (TPSA) is 55.6 Å². The van der Waals surface area contributed by atoms with Gasteiger partial charge in [0.2, 0.25) is 5.91 Å². The number of ether oxygens (including phenoxy) is 1. The molecule has 0 bridgehead atoms. The maximum atomic E-state index is 11.9. The van der Waals surface area contributed by atoms with Crippen molar-refractivity contribution in [1.82, 2.24) is 0 Å². The fourth-order valence-electron chi connectivity index (χ4n) is 2.04. The maximum absolute atomic E-state index is 11.9. The molecule has 5 heteroatoms. The molecular formula is C12H15ClN2O2.